The minimum absolute atomic E-state index is 0.0742. The lowest BCUT2D eigenvalue weighted by Crippen LogP contribution is -2.13. The molecule has 0 aromatic heterocycles. The summed E-state index contributed by atoms with van der Waals surface area (Å²) < 4.78 is 0. The van der Waals surface area contributed by atoms with Gasteiger partial charge in [-0.3, -0.25) is 4.79 Å². The van der Waals surface area contributed by atoms with Gasteiger partial charge in [0, 0.05) is 22.2 Å². The number of hydrogen-bond acceptors (Lipinski definition) is 4. The van der Waals surface area contributed by atoms with Crippen molar-refractivity contribution in [3.8, 4) is 0 Å². The Balaban J connectivity index is 1.76. The Bertz CT molecular complexity index is 589. The zero-order valence-electron chi connectivity index (χ0n) is 12.2. The van der Waals surface area contributed by atoms with Crippen LogP contribution in [0.2, 0.25) is 0 Å². The molecule has 0 saturated heterocycles. The van der Waals surface area contributed by atoms with Gasteiger partial charge < -0.3 is 5.32 Å². The average molecular weight is 350 g/mol. The van der Waals surface area contributed by atoms with E-state index in [1.807, 2.05) is 42.1 Å². The number of nitrogens with one attached hydrogen (secondary N) is 1. The quantitative estimate of drug-likeness (QED) is 0.415. The van der Waals surface area contributed by atoms with E-state index in [0.717, 1.165) is 27.8 Å². The van der Waals surface area contributed by atoms with Crippen molar-refractivity contribution in [1.29, 1.82) is 0 Å². The van der Waals surface area contributed by atoms with Gasteiger partial charge >= 0.3 is 0 Å². The molecule has 1 amide bonds. The number of anilines is 1. The molecule has 1 N–H and O–H groups in total. The van der Waals surface area contributed by atoms with Crippen LogP contribution in [0.4, 0.5) is 5.69 Å². The summed E-state index contributed by atoms with van der Waals surface area (Å²) in [5.41, 5.74) is 2.23. The third kappa shape index (κ3) is 5.99. The summed E-state index contributed by atoms with van der Waals surface area (Å²) in [6.07, 6.45) is 0. The second kappa shape index (κ2) is 9.87. The van der Waals surface area contributed by atoms with E-state index in [-0.39, 0.29) is 11.7 Å². The number of hydrogen-bond donors (Lipinski definition) is 2. The van der Waals surface area contributed by atoms with E-state index in [4.69, 9.17) is 0 Å². The summed E-state index contributed by atoms with van der Waals surface area (Å²) in [7, 11) is 0. The van der Waals surface area contributed by atoms with E-state index in [1.165, 1.54) is 5.56 Å². The van der Waals surface area contributed by atoms with Gasteiger partial charge in [-0.25, -0.2) is 0 Å². The van der Waals surface area contributed by atoms with E-state index in [9.17, 15) is 4.79 Å². The van der Waals surface area contributed by atoms with Crippen molar-refractivity contribution in [3.63, 3.8) is 0 Å². The zero-order chi connectivity index (χ0) is 15.6. The molecule has 5 heteroatoms. The smallest absolute Gasteiger partial charge is 0.234 e. The van der Waals surface area contributed by atoms with Crippen LogP contribution in [0.1, 0.15) is 5.56 Å². The second-order valence-electron chi connectivity index (χ2n) is 4.59. The van der Waals surface area contributed by atoms with Crippen molar-refractivity contribution in [2.75, 3.05) is 22.6 Å². The molecule has 0 unspecified atom stereocenters. The first-order valence-corrected chi connectivity index (χ1v) is 9.81. The molecule has 2 aromatic carbocycles. The Hall–Kier alpha value is -1.04. The van der Waals surface area contributed by atoms with Crippen molar-refractivity contribution < 1.29 is 4.79 Å². The first-order valence-electron chi connectivity index (χ1n) is 7.04. The molecule has 0 atom stereocenters. The van der Waals surface area contributed by atoms with Gasteiger partial charge in [0.25, 0.3) is 0 Å². The van der Waals surface area contributed by atoms with Gasteiger partial charge in [-0.15, -0.1) is 11.8 Å². The predicted octanol–water partition coefficient (Wildman–Crippen LogP) is 4.58. The Morgan fingerprint density at radius 1 is 1.00 bits per heavy atom. The molecule has 0 aliphatic carbocycles. The van der Waals surface area contributed by atoms with Gasteiger partial charge in [-0.1, -0.05) is 42.5 Å². The highest BCUT2D eigenvalue weighted by molar-refractivity contribution is 8.02. The third-order valence-electron chi connectivity index (χ3n) is 2.90. The number of thiol groups is 1. The molecule has 0 aliphatic heterocycles. The second-order valence-corrected chi connectivity index (χ2v) is 7.15. The van der Waals surface area contributed by atoms with Crippen LogP contribution in [-0.4, -0.2) is 23.2 Å². The van der Waals surface area contributed by atoms with Gasteiger partial charge in [-0.2, -0.15) is 24.4 Å². The van der Waals surface area contributed by atoms with Crippen LogP contribution < -0.4 is 5.32 Å². The molecule has 0 saturated carbocycles. The molecule has 22 heavy (non-hydrogen) atoms. The number of amides is 1. The molecule has 116 valence electrons. The van der Waals surface area contributed by atoms with Gasteiger partial charge in [0.1, 0.15) is 0 Å². The molecular weight excluding hydrogens is 330 g/mol. The molecule has 0 heterocycles. The minimum Gasteiger partial charge on any atom is -0.324 e. The van der Waals surface area contributed by atoms with Gasteiger partial charge in [0.15, 0.2) is 0 Å². The summed E-state index contributed by atoms with van der Waals surface area (Å²) in [6, 6.07) is 18.4. The number of para-hydroxylation sites is 1. The average Bonchev–Trinajstić information content (AvgIpc) is 2.57. The van der Waals surface area contributed by atoms with Crippen LogP contribution in [0.5, 0.6) is 0 Å². The summed E-state index contributed by atoms with van der Waals surface area (Å²) in [4.78, 5) is 12.6. The largest absolute Gasteiger partial charge is 0.324 e. The molecule has 0 aliphatic rings. The lowest BCUT2D eigenvalue weighted by Gasteiger charge is -2.09. The minimum atomic E-state index is -0.0742. The van der Waals surface area contributed by atoms with Gasteiger partial charge in [0.2, 0.25) is 5.91 Å². The molecule has 2 rings (SSSR count). The van der Waals surface area contributed by atoms with Crippen molar-refractivity contribution in [2.24, 2.45) is 0 Å². The van der Waals surface area contributed by atoms with E-state index >= 15 is 0 Å². The monoisotopic (exact) mass is 349 g/mol. The maximum atomic E-state index is 11.5. The molecule has 2 nitrogen and oxygen atoms in total. The van der Waals surface area contributed by atoms with E-state index in [2.05, 4.69) is 42.2 Å². The normalized spacial score (nSPS) is 10.4. The lowest BCUT2D eigenvalue weighted by molar-refractivity contribution is -0.113. The number of rotatable bonds is 8. The summed E-state index contributed by atoms with van der Waals surface area (Å²) in [5.74, 6) is 3.26. The molecular formula is C17H19NOS3. The number of carbonyl (C=O) groups is 1. The van der Waals surface area contributed by atoms with E-state index < -0.39 is 0 Å². The predicted molar refractivity (Wildman–Crippen MR) is 102 cm³/mol. The van der Waals surface area contributed by atoms with Crippen LogP contribution in [-0.2, 0) is 10.5 Å². The van der Waals surface area contributed by atoms with E-state index in [1.54, 1.807) is 11.8 Å². The highest BCUT2D eigenvalue weighted by Gasteiger charge is 2.05. The first kappa shape index (κ1) is 17.3. The Morgan fingerprint density at radius 2 is 1.73 bits per heavy atom. The van der Waals surface area contributed by atoms with Crippen molar-refractivity contribution in [1.82, 2.24) is 0 Å². The van der Waals surface area contributed by atoms with Crippen LogP contribution in [0.15, 0.2) is 59.5 Å². The van der Waals surface area contributed by atoms with Crippen LogP contribution in [0, 0.1) is 0 Å². The third-order valence-corrected chi connectivity index (χ3v) is 5.55. The van der Waals surface area contributed by atoms with Crippen LogP contribution in [0.3, 0.4) is 0 Å². The van der Waals surface area contributed by atoms with Crippen molar-refractivity contribution in [2.45, 2.75) is 10.6 Å². The topological polar surface area (TPSA) is 29.1 Å². The van der Waals surface area contributed by atoms with Gasteiger partial charge in [0.05, 0.1) is 11.4 Å². The van der Waals surface area contributed by atoms with Crippen LogP contribution >= 0.6 is 36.2 Å². The number of thioether (sulfide) groups is 2. The highest BCUT2D eigenvalue weighted by atomic mass is 32.2. The van der Waals surface area contributed by atoms with Gasteiger partial charge in [-0.05, 0) is 17.7 Å². The fourth-order valence-electron chi connectivity index (χ4n) is 1.86. The molecule has 0 spiro atoms. The molecule has 0 radical (unpaired) electrons. The fourth-order valence-corrected chi connectivity index (χ4v) is 3.99. The Kier molecular flexibility index (Phi) is 7.77. The lowest BCUT2D eigenvalue weighted by atomic mass is 10.2. The maximum absolute atomic E-state index is 11.5. The van der Waals surface area contributed by atoms with Crippen LogP contribution in [0.25, 0.3) is 0 Å². The number of benzene rings is 2. The highest BCUT2D eigenvalue weighted by Crippen LogP contribution is 2.28. The standard InChI is InChI=1S/C17H19NOS3/c19-17(12-20)18-15-8-4-5-9-16(15)22-11-10-21-13-14-6-2-1-3-7-14/h1-9,20H,10-13H2,(H,18,19). The molecule has 0 bridgehead atoms. The fraction of sp³-hybridized carbons (Fsp3) is 0.235. The summed E-state index contributed by atoms with van der Waals surface area (Å²) >= 11 is 7.69. The maximum Gasteiger partial charge on any atom is 0.234 e. The first-order chi connectivity index (χ1) is 10.8. The Morgan fingerprint density at radius 3 is 2.50 bits per heavy atom. The zero-order valence-corrected chi connectivity index (χ0v) is 14.7. The Labute approximate surface area is 145 Å². The summed E-state index contributed by atoms with van der Waals surface area (Å²) in [5, 5.41) is 2.88. The van der Waals surface area contributed by atoms with Crippen molar-refractivity contribution in [3.05, 3.63) is 60.2 Å². The summed E-state index contributed by atoms with van der Waals surface area (Å²) in [6.45, 7) is 0. The van der Waals surface area contributed by atoms with E-state index in [0.29, 0.717) is 0 Å². The SMILES string of the molecule is O=C(CS)Nc1ccccc1SCCSCc1ccccc1. The molecule has 2 aromatic rings. The molecule has 0 fully saturated rings. The number of carbonyl (C=O) groups excluding carboxylic acids is 1. The van der Waals surface area contributed by atoms with Crippen molar-refractivity contribution >= 4 is 47.7 Å².